The molecule has 1 aromatic heterocycles. The summed E-state index contributed by atoms with van der Waals surface area (Å²) in [5, 5.41) is 3.91. The zero-order valence-corrected chi connectivity index (χ0v) is 13.6. The third-order valence-electron chi connectivity index (χ3n) is 2.70. The fourth-order valence-electron chi connectivity index (χ4n) is 1.35. The molecule has 1 atom stereocenters. The van der Waals surface area contributed by atoms with Gasteiger partial charge in [0, 0.05) is 18.3 Å². The van der Waals surface area contributed by atoms with E-state index < -0.39 is 17.9 Å². The second-order valence-corrected chi connectivity index (χ2v) is 6.45. The lowest BCUT2D eigenvalue weighted by molar-refractivity contribution is -0.140. The molecule has 1 rings (SSSR count). The van der Waals surface area contributed by atoms with Gasteiger partial charge >= 0.3 is 6.18 Å². The van der Waals surface area contributed by atoms with Gasteiger partial charge in [-0.15, -0.1) is 23.7 Å². The predicted molar refractivity (Wildman–Crippen MR) is 78.5 cm³/mol. The van der Waals surface area contributed by atoms with Crippen LogP contribution in [0.3, 0.4) is 0 Å². The molecule has 1 aromatic rings. The Morgan fingerprint density at radius 1 is 1.43 bits per heavy atom. The molecule has 0 saturated carbocycles. The van der Waals surface area contributed by atoms with E-state index in [0.717, 1.165) is 16.7 Å². The fourth-order valence-corrected chi connectivity index (χ4v) is 2.16. The smallest absolute Gasteiger partial charge is 0.354 e. The summed E-state index contributed by atoms with van der Waals surface area (Å²) >= 11 is 0.928. The van der Waals surface area contributed by atoms with E-state index in [-0.39, 0.29) is 36.7 Å². The van der Waals surface area contributed by atoms with Crippen LogP contribution in [0.1, 0.15) is 31.5 Å². The summed E-state index contributed by atoms with van der Waals surface area (Å²) in [6.45, 7) is 5.74. The zero-order chi connectivity index (χ0) is 15.6. The van der Waals surface area contributed by atoms with E-state index in [0.29, 0.717) is 5.01 Å². The van der Waals surface area contributed by atoms with Crippen LogP contribution in [0.5, 0.6) is 0 Å². The molecule has 0 fully saturated rings. The van der Waals surface area contributed by atoms with Gasteiger partial charge in [-0.2, -0.15) is 13.2 Å². The molecule has 0 aromatic carbocycles. The summed E-state index contributed by atoms with van der Waals surface area (Å²) in [5.74, 6) is -0.315. The molecule has 0 spiro atoms. The van der Waals surface area contributed by atoms with Crippen molar-refractivity contribution in [3.05, 3.63) is 16.1 Å². The molecule has 0 bridgehead atoms. The van der Waals surface area contributed by atoms with Crippen molar-refractivity contribution in [3.8, 4) is 0 Å². The molecule has 0 aliphatic heterocycles. The van der Waals surface area contributed by atoms with E-state index in [1.807, 2.05) is 20.8 Å². The highest BCUT2D eigenvalue weighted by atomic mass is 35.5. The number of alkyl halides is 3. The number of rotatable bonds is 4. The Hall–Kier alpha value is -0.860. The van der Waals surface area contributed by atoms with Crippen molar-refractivity contribution >= 4 is 29.7 Å². The number of nitrogens with one attached hydrogen (secondary N) is 1. The van der Waals surface area contributed by atoms with Crippen molar-refractivity contribution in [2.75, 3.05) is 6.54 Å². The number of amides is 1. The first kappa shape index (κ1) is 20.1. The van der Waals surface area contributed by atoms with Gasteiger partial charge in [-0.25, -0.2) is 4.98 Å². The number of nitrogens with two attached hydrogens (primary N) is 1. The summed E-state index contributed by atoms with van der Waals surface area (Å²) in [7, 11) is 0. The van der Waals surface area contributed by atoms with Gasteiger partial charge in [0.25, 0.3) is 0 Å². The maximum Gasteiger partial charge on any atom is 0.434 e. The highest BCUT2D eigenvalue weighted by molar-refractivity contribution is 7.09. The van der Waals surface area contributed by atoms with Gasteiger partial charge in [-0.3, -0.25) is 4.79 Å². The van der Waals surface area contributed by atoms with Gasteiger partial charge in [0.05, 0.1) is 11.0 Å². The van der Waals surface area contributed by atoms with Crippen molar-refractivity contribution in [3.63, 3.8) is 0 Å². The molecule has 9 heteroatoms. The number of carbonyl (C=O) groups is 1. The Morgan fingerprint density at radius 3 is 2.43 bits per heavy atom. The lowest BCUT2D eigenvalue weighted by atomic mass is 9.87. The summed E-state index contributed by atoms with van der Waals surface area (Å²) in [6.07, 6.45) is -4.17. The third-order valence-corrected chi connectivity index (χ3v) is 3.60. The van der Waals surface area contributed by atoms with Crippen molar-refractivity contribution in [1.29, 1.82) is 0 Å². The summed E-state index contributed by atoms with van der Waals surface area (Å²) in [4.78, 5) is 15.2. The van der Waals surface area contributed by atoms with Crippen LogP contribution in [0.25, 0.3) is 0 Å². The number of nitrogens with zero attached hydrogens (tertiary/aromatic N) is 1. The Bertz CT molecular complexity index is 471. The van der Waals surface area contributed by atoms with Crippen molar-refractivity contribution in [2.45, 2.75) is 39.4 Å². The van der Waals surface area contributed by atoms with E-state index >= 15 is 0 Å². The molecule has 1 heterocycles. The second kappa shape index (κ2) is 7.42. The van der Waals surface area contributed by atoms with Crippen LogP contribution in [0.4, 0.5) is 13.2 Å². The highest BCUT2D eigenvalue weighted by Crippen LogP contribution is 2.30. The van der Waals surface area contributed by atoms with Crippen molar-refractivity contribution in [2.24, 2.45) is 11.1 Å². The first-order valence-electron chi connectivity index (χ1n) is 6.06. The minimum absolute atomic E-state index is 0. The summed E-state index contributed by atoms with van der Waals surface area (Å²) < 4.78 is 37.0. The van der Waals surface area contributed by atoms with Gasteiger partial charge in [0.1, 0.15) is 0 Å². The summed E-state index contributed by atoms with van der Waals surface area (Å²) in [5.41, 5.74) is 4.50. The molecule has 0 aliphatic rings. The van der Waals surface area contributed by atoms with Crippen LogP contribution < -0.4 is 11.1 Å². The molecule has 3 N–H and O–H groups in total. The molecule has 0 aliphatic carbocycles. The monoisotopic (exact) mass is 345 g/mol. The molecule has 122 valence electrons. The predicted octanol–water partition coefficient (Wildman–Crippen LogP) is 2.62. The molecule has 0 radical (unpaired) electrons. The van der Waals surface area contributed by atoms with Crippen LogP contribution in [0.15, 0.2) is 5.38 Å². The van der Waals surface area contributed by atoms with E-state index in [1.165, 1.54) is 0 Å². The molecule has 0 saturated heterocycles. The van der Waals surface area contributed by atoms with Crippen LogP contribution in [0.2, 0.25) is 0 Å². The molecule has 4 nitrogen and oxygen atoms in total. The minimum atomic E-state index is -4.42. The third kappa shape index (κ3) is 6.19. The lowest BCUT2D eigenvalue weighted by Crippen LogP contribution is -2.48. The van der Waals surface area contributed by atoms with E-state index in [9.17, 15) is 18.0 Å². The van der Waals surface area contributed by atoms with Gasteiger partial charge < -0.3 is 11.1 Å². The minimum Gasteiger partial charge on any atom is -0.354 e. The number of carbonyl (C=O) groups excluding carboxylic acids is 1. The largest absolute Gasteiger partial charge is 0.434 e. The average molecular weight is 346 g/mol. The van der Waals surface area contributed by atoms with Crippen LogP contribution in [0, 0.1) is 5.41 Å². The molecular weight excluding hydrogens is 327 g/mol. The highest BCUT2D eigenvalue weighted by Gasteiger charge is 2.33. The second-order valence-electron chi connectivity index (χ2n) is 5.51. The maximum atomic E-state index is 12.3. The lowest BCUT2D eigenvalue weighted by Gasteiger charge is -2.25. The number of hydrogen-bond donors (Lipinski definition) is 2. The van der Waals surface area contributed by atoms with Gasteiger partial charge in [-0.1, -0.05) is 20.8 Å². The quantitative estimate of drug-likeness (QED) is 0.881. The zero-order valence-electron chi connectivity index (χ0n) is 12.0. The van der Waals surface area contributed by atoms with Crippen LogP contribution >= 0.6 is 23.7 Å². The van der Waals surface area contributed by atoms with Gasteiger partial charge in [-0.05, 0) is 5.41 Å². The molecule has 1 amide bonds. The molecule has 21 heavy (non-hydrogen) atoms. The Balaban J connectivity index is 0.00000400. The maximum absolute atomic E-state index is 12.3. The van der Waals surface area contributed by atoms with Crippen LogP contribution in [-0.4, -0.2) is 23.5 Å². The molecular formula is C12H19ClF3N3OS. The van der Waals surface area contributed by atoms with Crippen LogP contribution in [-0.2, 0) is 17.4 Å². The van der Waals surface area contributed by atoms with Crippen molar-refractivity contribution in [1.82, 2.24) is 10.3 Å². The SMILES string of the molecule is CC(C)(C)[C@H](N)C(=O)NCCc1nc(C(F)(F)F)cs1.Cl. The fraction of sp³-hybridized carbons (Fsp3) is 0.667. The number of hydrogen-bond acceptors (Lipinski definition) is 4. The standard InChI is InChI=1S/C12H18F3N3OS.ClH/c1-11(2,3)9(16)10(19)17-5-4-8-18-7(6-20-8)12(13,14)15;/h6,9H,4-5,16H2,1-3H3,(H,17,19);1H/t9-;/m1./s1. The normalized spacial score (nSPS) is 13.5. The first-order chi connectivity index (χ1) is 9.01. The van der Waals surface area contributed by atoms with E-state index in [2.05, 4.69) is 10.3 Å². The number of thiazole rings is 1. The van der Waals surface area contributed by atoms with Gasteiger partial charge in [0.2, 0.25) is 5.91 Å². The summed E-state index contributed by atoms with van der Waals surface area (Å²) in [6, 6.07) is -0.662. The topological polar surface area (TPSA) is 68.0 Å². The number of aromatic nitrogens is 1. The van der Waals surface area contributed by atoms with Gasteiger partial charge in [0.15, 0.2) is 5.69 Å². The Labute approximate surface area is 131 Å². The first-order valence-corrected chi connectivity index (χ1v) is 6.94. The Morgan fingerprint density at radius 2 is 2.00 bits per heavy atom. The Kier molecular flexibility index (Phi) is 7.11. The number of halogens is 4. The van der Waals surface area contributed by atoms with Crippen molar-refractivity contribution < 1.29 is 18.0 Å². The van der Waals surface area contributed by atoms with E-state index in [1.54, 1.807) is 0 Å². The molecule has 0 unspecified atom stereocenters. The van der Waals surface area contributed by atoms with E-state index in [4.69, 9.17) is 5.73 Å². The average Bonchev–Trinajstić information content (AvgIpc) is 2.75.